The molecule has 0 atom stereocenters. The average molecular weight is 381 g/mol. The second-order valence-corrected chi connectivity index (χ2v) is 8.61. The molecule has 4 aliphatic rings. The van der Waals surface area contributed by atoms with Crippen molar-refractivity contribution in [2.45, 2.75) is 44.6 Å². The molecule has 0 saturated heterocycles. The molecule has 7 heteroatoms. The standard InChI is InChI=1S/C21H27N5O2/c1-3-28-19(27)15-4-6-18(7-5-15)26-20(23-24-25-26)21(22-2)16-9-13-8-14(11-16)12-17(21)10-13/h4-7,13-14,16-17,22H,3,8-12H2,1-2H3. The summed E-state index contributed by atoms with van der Waals surface area (Å²) in [6, 6.07) is 7.35. The highest BCUT2D eigenvalue weighted by molar-refractivity contribution is 5.89. The summed E-state index contributed by atoms with van der Waals surface area (Å²) in [6.45, 7) is 2.18. The highest BCUT2D eigenvalue weighted by Gasteiger charge is 2.59. The number of rotatable bonds is 5. The van der Waals surface area contributed by atoms with Crippen LogP contribution in [0.15, 0.2) is 24.3 Å². The second-order valence-electron chi connectivity index (χ2n) is 8.61. The molecule has 0 amide bonds. The Labute approximate surface area is 164 Å². The lowest BCUT2D eigenvalue weighted by Crippen LogP contribution is -2.62. The smallest absolute Gasteiger partial charge is 0.338 e. The van der Waals surface area contributed by atoms with Crippen LogP contribution in [0.4, 0.5) is 0 Å². The van der Waals surface area contributed by atoms with Crippen molar-refractivity contribution in [1.82, 2.24) is 25.5 Å². The lowest BCUT2D eigenvalue weighted by atomic mass is 9.48. The number of carbonyl (C=O) groups is 1. The van der Waals surface area contributed by atoms with Gasteiger partial charge in [0.2, 0.25) is 0 Å². The van der Waals surface area contributed by atoms with Gasteiger partial charge in [-0.25, -0.2) is 4.79 Å². The van der Waals surface area contributed by atoms with Gasteiger partial charge in [0.1, 0.15) is 0 Å². The Morgan fingerprint density at radius 1 is 1.14 bits per heavy atom. The molecule has 148 valence electrons. The molecule has 0 radical (unpaired) electrons. The Morgan fingerprint density at radius 2 is 1.79 bits per heavy atom. The van der Waals surface area contributed by atoms with Crippen LogP contribution in [-0.2, 0) is 10.3 Å². The van der Waals surface area contributed by atoms with Gasteiger partial charge in [-0.05, 0) is 104 Å². The van der Waals surface area contributed by atoms with E-state index in [1.54, 1.807) is 12.1 Å². The van der Waals surface area contributed by atoms with Crippen LogP contribution in [0, 0.1) is 23.7 Å². The van der Waals surface area contributed by atoms with Gasteiger partial charge < -0.3 is 10.1 Å². The van der Waals surface area contributed by atoms with Crippen molar-refractivity contribution in [2.24, 2.45) is 23.7 Å². The molecule has 0 unspecified atom stereocenters. The fraction of sp³-hybridized carbons (Fsp3) is 0.619. The second kappa shape index (κ2) is 6.65. The number of ether oxygens (including phenoxy) is 1. The molecule has 1 N–H and O–H groups in total. The third kappa shape index (κ3) is 2.52. The van der Waals surface area contributed by atoms with E-state index in [9.17, 15) is 4.79 Å². The van der Waals surface area contributed by atoms with Crippen molar-refractivity contribution in [3.8, 4) is 5.69 Å². The van der Waals surface area contributed by atoms with E-state index in [1.165, 1.54) is 32.1 Å². The summed E-state index contributed by atoms with van der Waals surface area (Å²) in [7, 11) is 2.06. The molecule has 1 heterocycles. The number of nitrogens with zero attached hydrogens (tertiary/aromatic N) is 4. The molecular formula is C21H27N5O2. The number of carbonyl (C=O) groups excluding carboxylic acids is 1. The number of tetrazole rings is 1. The quantitative estimate of drug-likeness (QED) is 0.802. The predicted molar refractivity (Wildman–Crippen MR) is 103 cm³/mol. The Kier molecular flexibility index (Phi) is 4.23. The molecule has 4 fully saturated rings. The van der Waals surface area contributed by atoms with Crippen molar-refractivity contribution in [3.63, 3.8) is 0 Å². The molecule has 4 aliphatic carbocycles. The molecule has 0 spiro atoms. The largest absolute Gasteiger partial charge is 0.462 e. The molecule has 1 aromatic heterocycles. The van der Waals surface area contributed by atoms with Crippen LogP contribution in [-0.4, -0.2) is 39.8 Å². The first-order chi connectivity index (χ1) is 13.7. The minimum absolute atomic E-state index is 0.170. The van der Waals surface area contributed by atoms with Crippen LogP contribution in [0.2, 0.25) is 0 Å². The highest BCUT2D eigenvalue weighted by Crippen LogP contribution is 2.61. The van der Waals surface area contributed by atoms with Gasteiger partial charge in [0.25, 0.3) is 0 Å². The molecule has 28 heavy (non-hydrogen) atoms. The fourth-order valence-corrected chi connectivity index (χ4v) is 6.38. The van der Waals surface area contributed by atoms with Gasteiger partial charge in [-0.15, -0.1) is 5.10 Å². The minimum Gasteiger partial charge on any atom is -0.462 e. The number of aromatic nitrogens is 4. The van der Waals surface area contributed by atoms with Crippen molar-refractivity contribution in [1.29, 1.82) is 0 Å². The van der Waals surface area contributed by atoms with E-state index in [0.29, 0.717) is 24.0 Å². The van der Waals surface area contributed by atoms with Gasteiger partial charge >= 0.3 is 5.97 Å². The van der Waals surface area contributed by atoms with E-state index < -0.39 is 0 Å². The first-order valence-corrected chi connectivity index (χ1v) is 10.4. The van der Waals surface area contributed by atoms with Gasteiger partial charge in [0.05, 0.1) is 23.4 Å². The maximum Gasteiger partial charge on any atom is 0.338 e. The molecule has 0 aliphatic heterocycles. The Balaban J connectivity index is 1.52. The monoisotopic (exact) mass is 381 g/mol. The summed E-state index contributed by atoms with van der Waals surface area (Å²) >= 11 is 0. The van der Waals surface area contributed by atoms with Crippen LogP contribution in [0.1, 0.15) is 55.2 Å². The number of benzene rings is 1. The number of hydrogen-bond acceptors (Lipinski definition) is 6. The lowest BCUT2D eigenvalue weighted by Gasteiger charge is -2.60. The summed E-state index contributed by atoms with van der Waals surface area (Å²) < 4.78 is 6.93. The summed E-state index contributed by atoms with van der Waals surface area (Å²) in [5, 5.41) is 16.6. The van der Waals surface area contributed by atoms with Gasteiger partial charge in [-0.3, -0.25) is 0 Å². The Hall–Kier alpha value is -2.28. The fourth-order valence-electron chi connectivity index (χ4n) is 6.38. The Bertz CT molecular complexity index is 847. The molecule has 1 aromatic carbocycles. The summed E-state index contributed by atoms with van der Waals surface area (Å²) in [4.78, 5) is 11.9. The summed E-state index contributed by atoms with van der Waals surface area (Å²) in [5.74, 6) is 3.51. The zero-order valence-corrected chi connectivity index (χ0v) is 16.5. The van der Waals surface area contributed by atoms with Gasteiger partial charge in [-0.1, -0.05) is 0 Å². The normalized spacial score (nSPS) is 33.2. The average Bonchev–Trinajstić information content (AvgIpc) is 3.18. The zero-order valence-electron chi connectivity index (χ0n) is 16.5. The first-order valence-electron chi connectivity index (χ1n) is 10.4. The topological polar surface area (TPSA) is 81.9 Å². The van der Waals surface area contributed by atoms with Crippen molar-refractivity contribution in [2.75, 3.05) is 13.7 Å². The van der Waals surface area contributed by atoms with E-state index in [0.717, 1.165) is 23.3 Å². The van der Waals surface area contributed by atoms with Crippen LogP contribution < -0.4 is 5.32 Å². The molecule has 4 bridgehead atoms. The minimum atomic E-state index is -0.307. The third-order valence-corrected chi connectivity index (χ3v) is 7.30. The molecular weight excluding hydrogens is 354 g/mol. The van der Waals surface area contributed by atoms with Crippen molar-refractivity contribution < 1.29 is 9.53 Å². The zero-order chi connectivity index (χ0) is 19.3. The van der Waals surface area contributed by atoms with Gasteiger partial charge in [0.15, 0.2) is 5.82 Å². The highest BCUT2D eigenvalue weighted by atomic mass is 16.5. The van der Waals surface area contributed by atoms with E-state index >= 15 is 0 Å². The van der Waals surface area contributed by atoms with Gasteiger partial charge in [0, 0.05) is 0 Å². The van der Waals surface area contributed by atoms with E-state index in [-0.39, 0.29) is 11.5 Å². The molecule has 6 rings (SSSR count). The maximum absolute atomic E-state index is 11.9. The van der Waals surface area contributed by atoms with Crippen LogP contribution in [0.25, 0.3) is 5.69 Å². The first kappa shape index (κ1) is 17.8. The van der Waals surface area contributed by atoms with E-state index in [1.807, 2.05) is 23.7 Å². The number of hydrogen-bond donors (Lipinski definition) is 1. The van der Waals surface area contributed by atoms with Crippen LogP contribution >= 0.6 is 0 Å². The van der Waals surface area contributed by atoms with Gasteiger partial charge in [-0.2, -0.15) is 4.68 Å². The van der Waals surface area contributed by atoms with Crippen molar-refractivity contribution >= 4 is 5.97 Å². The maximum atomic E-state index is 11.9. The van der Waals surface area contributed by atoms with Crippen LogP contribution in [0.5, 0.6) is 0 Å². The SMILES string of the molecule is CCOC(=O)c1ccc(-n2nnnc2C2(NC)C3CC4CC(C3)CC2C4)cc1. The third-order valence-electron chi connectivity index (χ3n) is 7.30. The van der Waals surface area contributed by atoms with Crippen molar-refractivity contribution in [3.05, 3.63) is 35.7 Å². The molecule has 2 aromatic rings. The van der Waals surface area contributed by atoms with E-state index in [4.69, 9.17) is 4.74 Å². The molecule has 4 saturated carbocycles. The molecule has 7 nitrogen and oxygen atoms in total. The Morgan fingerprint density at radius 3 is 2.36 bits per heavy atom. The number of nitrogens with one attached hydrogen (secondary N) is 1. The lowest BCUT2D eigenvalue weighted by molar-refractivity contribution is -0.0795. The van der Waals surface area contributed by atoms with Crippen LogP contribution in [0.3, 0.4) is 0 Å². The summed E-state index contributed by atoms with van der Waals surface area (Å²) in [5.41, 5.74) is 1.24. The summed E-state index contributed by atoms with van der Waals surface area (Å²) in [6.07, 6.45) is 6.48. The van der Waals surface area contributed by atoms with E-state index in [2.05, 4.69) is 27.9 Å². The number of esters is 1. The predicted octanol–water partition coefficient (Wildman–Crippen LogP) is 2.71.